The Morgan fingerprint density at radius 3 is 2.95 bits per heavy atom. The monoisotopic (exact) mass is 377 g/mol. The molecule has 0 unspecified atom stereocenters. The van der Waals surface area contributed by atoms with Crippen LogP contribution in [0.4, 0.5) is 5.69 Å². The lowest BCUT2D eigenvalue weighted by Crippen LogP contribution is -2.12. The van der Waals surface area contributed by atoms with E-state index in [1.54, 1.807) is 4.52 Å². The minimum Gasteiger partial charge on any atom is -0.320 e. The van der Waals surface area contributed by atoms with Crippen LogP contribution in [0.1, 0.15) is 39.9 Å². The topological polar surface area (TPSA) is 72.2 Å². The number of benzene rings is 1. The zero-order chi connectivity index (χ0) is 15.3. The number of rotatable bonds is 3. The molecule has 6 nitrogen and oxygen atoms in total. The summed E-state index contributed by atoms with van der Waals surface area (Å²) in [5.41, 5.74) is 1.81. The standard InChI is InChI=1S/C14H12BrN5OS/c1-7-6-9(4-5-10(7)15)16-12(21)13-19-20-11(8-2-3-8)17-18-14(20)22-13/h4-6,8H,2-3H2,1H3,(H,16,21). The van der Waals surface area contributed by atoms with Crippen molar-refractivity contribution in [2.24, 2.45) is 0 Å². The van der Waals surface area contributed by atoms with Crippen LogP contribution in [-0.4, -0.2) is 25.7 Å². The van der Waals surface area contributed by atoms with Crippen molar-refractivity contribution in [1.82, 2.24) is 19.8 Å². The number of nitrogens with zero attached hydrogens (tertiary/aromatic N) is 4. The predicted molar refractivity (Wildman–Crippen MR) is 87.5 cm³/mol. The average molecular weight is 378 g/mol. The molecule has 1 aliphatic rings. The van der Waals surface area contributed by atoms with Crippen LogP contribution in [0.5, 0.6) is 0 Å². The Bertz CT molecular complexity index is 883. The van der Waals surface area contributed by atoms with Gasteiger partial charge in [-0.15, -0.1) is 15.3 Å². The van der Waals surface area contributed by atoms with E-state index in [2.05, 4.69) is 36.5 Å². The first-order valence-electron chi connectivity index (χ1n) is 6.91. The van der Waals surface area contributed by atoms with E-state index in [-0.39, 0.29) is 5.91 Å². The van der Waals surface area contributed by atoms with Gasteiger partial charge < -0.3 is 5.32 Å². The largest absolute Gasteiger partial charge is 0.320 e. The van der Waals surface area contributed by atoms with Crippen LogP contribution in [0.15, 0.2) is 22.7 Å². The molecule has 0 bridgehead atoms. The highest BCUT2D eigenvalue weighted by molar-refractivity contribution is 9.10. The van der Waals surface area contributed by atoms with Crippen molar-refractivity contribution in [1.29, 1.82) is 0 Å². The molecule has 1 amide bonds. The van der Waals surface area contributed by atoms with Gasteiger partial charge in [-0.1, -0.05) is 27.3 Å². The molecule has 112 valence electrons. The summed E-state index contributed by atoms with van der Waals surface area (Å²) in [4.78, 5) is 13.0. The third kappa shape index (κ3) is 2.42. The first kappa shape index (κ1) is 13.8. The Morgan fingerprint density at radius 2 is 2.23 bits per heavy atom. The van der Waals surface area contributed by atoms with Crippen molar-refractivity contribution in [3.05, 3.63) is 39.1 Å². The molecule has 8 heteroatoms. The van der Waals surface area contributed by atoms with E-state index in [1.807, 2.05) is 25.1 Å². The fourth-order valence-corrected chi connectivity index (χ4v) is 3.22. The smallest absolute Gasteiger partial charge is 0.286 e. The summed E-state index contributed by atoms with van der Waals surface area (Å²) in [6.45, 7) is 1.98. The molecule has 0 saturated heterocycles. The van der Waals surface area contributed by atoms with Gasteiger partial charge >= 0.3 is 0 Å². The number of aryl methyl sites for hydroxylation is 1. The van der Waals surface area contributed by atoms with Crippen molar-refractivity contribution in [2.45, 2.75) is 25.7 Å². The SMILES string of the molecule is Cc1cc(NC(=O)c2nn3c(C4CC4)nnc3s2)ccc1Br. The number of hydrogen-bond acceptors (Lipinski definition) is 5. The second-order valence-electron chi connectivity index (χ2n) is 5.35. The molecular formula is C14H12BrN5OS. The summed E-state index contributed by atoms with van der Waals surface area (Å²) < 4.78 is 2.71. The van der Waals surface area contributed by atoms with Gasteiger partial charge in [0, 0.05) is 16.1 Å². The van der Waals surface area contributed by atoms with Gasteiger partial charge in [0.05, 0.1) is 0 Å². The van der Waals surface area contributed by atoms with E-state index in [1.165, 1.54) is 11.3 Å². The van der Waals surface area contributed by atoms with Crippen LogP contribution in [0.25, 0.3) is 4.96 Å². The number of hydrogen-bond donors (Lipinski definition) is 1. The zero-order valence-corrected chi connectivity index (χ0v) is 14.1. The molecule has 0 atom stereocenters. The van der Waals surface area contributed by atoms with Crippen molar-refractivity contribution < 1.29 is 4.79 Å². The van der Waals surface area contributed by atoms with Crippen molar-refractivity contribution in [3.8, 4) is 0 Å². The Labute approximate surface area is 138 Å². The fraction of sp³-hybridized carbons (Fsp3) is 0.286. The van der Waals surface area contributed by atoms with Crippen molar-refractivity contribution in [3.63, 3.8) is 0 Å². The molecule has 2 aromatic heterocycles. The van der Waals surface area contributed by atoms with Gasteiger partial charge in [0.2, 0.25) is 9.97 Å². The van der Waals surface area contributed by atoms with E-state index in [9.17, 15) is 4.79 Å². The normalized spacial score (nSPS) is 14.5. The molecule has 1 aliphatic carbocycles. The summed E-state index contributed by atoms with van der Waals surface area (Å²) in [5, 5.41) is 15.9. The Morgan fingerprint density at radius 1 is 1.41 bits per heavy atom. The van der Waals surface area contributed by atoms with Crippen LogP contribution < -0.4 is 5.32 Å². The van der Waals surface area contributed by atoms with Crippen LogP contribution in [-0.2, 0) is 0 Å². The van der Waals surface area contributed by atoms with Gasteiger partial charge in [0.25, 0.3) is 5.91 Å². The second-order valence-corrected chi connectivity index (χ2v) is 7.16. The first-order valence-corrected chi connectivity index (χ1v) is 8.52. The summed E-state index contributed by atoms with van der Waals surface area (Å²) >= 11 is 4.70. The molecule has 4 rings (SSSR count). The number of nitrogens with one attached hydrogen (secondary N) is 1. The highest BCUT2D eigenvalue weighted by Gasteiger charge is 2.30. The zero-order valence-electron chi connectivity index (χ0n) is 11.7. The highest BCUT2D eigenvalue weighted by atomic mass is 79.9. The molecule has 1 aromatic carbocycles. The number of carbonyl (C=O) groups excluding carboxylic acids is 1. The minimum absolute atomic E-state index is 0.223. The summed E-state index contributed by atoms with van der Waals surface area (Å²) in [7, 11) is 0. The third-order valence-corrected chi connectivity index (χ3v) is 5.35. The van der Waals surface area contributed by atoms with Gasteiger partial charge in [-0.25, -0.2) is 0 Å². The molecule has 3 aromatic rings. The summed E-state index contributed by atoms with van der Waals surface area (Å²) in [6.07, 6.45) is 2.25. The van der Waals surface area contributed by atoms with E-state index in [0.717, 1.165) is 34.4 Å². The molecular weight excluding hydrogens is 366 g/mol. The highest BCUT2D eigenvalue weighted by Crippen LogP contribution is 2.39. The lowest BCUT2D eigenvalue weighted by molar-refractivity contribution is 0.102. The van der Waals surface area contributed by atoms with Crippen molar-refractivity contribution in [2.75, 3.05) is 5.32 Å². The van der Waals surface area contributed by atoms with Gasteiger partial charge in [-0.2, -0.15) is 4.52 Å². The molecule has 22 heavy (non-hydrogen) atoms. The van der Waals surface area contributed by atoms with Crippen LogP contribution in [0, 0.1) is 6.92 Å². The molecule has 0 radical (unpaired) electrons. The number of fused-ring (bicyclic) bond motifs is 1. The van der Waals surface area contributed by atoms with Gasteiger partial charge in [-0.05, 0) is 43.5 Å². The number of amides is 1. The number of aromatic nitrogens is 4. The third-order valence-electron chi connectivity index (χ3n) is 3.57. The van der Waals surface area contributed by atoms with Gasteiger partial charge in [0.1, 0.15) is 0 Å². The Balaban J connectivity index is 1.60. The number of carbonyl (C=O) groups is 1. The maximum absolute atomic E-state index is 12.3. The maximum Gasteiger partial charge on any atom is 0.286 e. The molecule has 1 saturated carbocycles. The van der Waals surface area contributed by atoms with Crippen LogP contribution in [0.3, 0.4) is 0 Å². The molecule has 2 heterocycles. The maximum atomic E-state index is 12.3. The molecule has 1 N–H and O–H groups in total. The van der Waals surface area contributed by atoms with Crippen LogP contribution in [0.2, 0.25) is 0 Å². The predicted octanol–water partition coefficient (Wildman–Crippen LogP) is 3.39. The van der Waals surface area contributed by atoms with Crippen molar-refractivity contribution >= 4 is 43.8 Å². The van der Waals surface area contributed by atoms with E-state index in [4.69, 9.17) is 0 Å². The summed E-state index contributed by atoms with van der Waals surface area (Å²) in [6, 6.07) is 5.68. The molecule has 0 aliphatic heterocycles. The number of halogens is 1. The molecule has 0 spiro atoms. The lowest BCUT2D eigenvalue weighted by atomic mass is 10.2. The number of anilines is 1. The van der Waals surface area contributed by atoms with Gasteiger partial charge in [-0.3, -0.25) is 4.79 Å². The fourth-order valence-electron chi connectivity index (χ4n) is 2.23. The van der Waals surface area contributed by atoms with E-state index < -0.39 is 0 Å². The summed E-state index contributed by atoms with van der Waals surface area (Å²) in [5.74, 6) is 1.09. The van der Waals surface area contributed by atoms with Crippen LogP contribution >= 0.6 is 27.3 Å². The second kappa shape index (κ2) is 5.13. The Hall–Kier alpha value is -1.80. The average Bonchev–Trinajstić information content (AvgIpc) is 3.10. The van der Waals surface area contributed by atoms with E-state index >= 15 is 0 Å². The van der Waals surface area contributed by atoms with Gasteiger partial charge in [0.15, 0.2) is 5.82 Å². The van der Waals surface area contributed by atoms with E-state index in [0.29, 0.717) is 15.9 Å². The Kier molecular flexibility index (Phi) is 3.23. The first-order chi connectivity index (χ1) is 10.6. The lowest BCUT2D eigenvalue weighted by Gasteiger charge is -2.05. The quantitative estimate of drug-likeness (QED) is 0.759. The minimum atomic E-state index is -0.223. The molecule has 1 fully saturated rings.